The first-order valence-electron chi connectivity index (χ1n) is 10.2. The Labute approximate surface area is 185 Å². The third kappa shape index (κ3) is 4.45. The lowest BCUT2D eigenvalue weighted by Crippen LogP contribution is -2.48. The molecule has 32 heavy (non-hydrogen) atoms. The Hall–Kier alpha value is -3.01. The second kappa shape index (κ2) is 8.50. The lowest BCUT2D eigenvalue weighted by molar-refractivity contribution is -0.0440. The summed E-state index contributed by atoms with van der Waals surface area (Å²) in [6.07, 6.45) is -0.375. The lowest BCUT2D eigenvalue weighted by atomic mass is 10.1. The van der Waals surface area contributed by atoms with Gasteiger partial charge in [0.25, 0.3) is 5.91 Å². The van der Waals surface area contributed by atoms with E-state index in [1.165, 1.54) is 28.6 Å². The summed E-state index contributed by atoms with van der Waals surface area (Å²) >= 11 is 0. The summed E-state index contributed by atoms with van der Waals surface area (Å²) in [4.78, 5) is 25.1. The van der Waals surface area contributed by atoms with Crippen LogP contribution in [0.4, 0.5) is 5.69 Å². The Morgan fingerprint density at radius 1 is 1.03 bits per heavy atom. The van der Waals surface area contributed by atoms with E-state index in [1.807, 2.05) is 20.8 Å². The molecule has 1 fully saturated rings. The maximum Gasteiger partial charge on any atom is 0.291 e. The number of anilines is 1. The number of morpholine rings is 1. The third-order valence-corrected chi connectivity index (χ3v) is 7.09. The first kappa shape index (κ1) is 22.2. The number of benzene rings is 2. The van der Waals surface area contributed by atoms with Crippen LogP contribution in [-0.4, -0.2) is 43.9 Å². The minimum absolute atomic E-state index is 0.126. The molecule has 3 aromatic rings. The highest BCUT2D eigenvalue weighted by Gasteiger charge is 2.32. The molecule has 1 aromatic heterocycles. The van der Waals surface area contributed by atoms with Crippen molar-refractivity contribution in [1.29, 1.82) is 0 Å². The molecule has 0 saturated carbocycles. The number of carbonyl (C=O) groups excluding carboxylic acids is 1. The number of ether oxygens (including phenoxy) is 1. The van der Waals surface area contributed by atoms with Crippen molar-refractivity contribution < 1.29 is 22.4 Å². The SMILES string of the molecule is Cc1ccc2oc(C(=O)Nc3ccc(S(=O)(=O)N4C[C@@H](C)O[C@@H](C)C4)cc3)cc(=O)c2c1. The van der Waals surface area contributed by atoms with Crippen LogP contribution in [-0.2, 0) is 14.8 Å². The van der Waals surface area contributed by atoms with Gasteiger partial charge < -0.3 is 14.5 Å². The molecular weight excluding hydrogens is 432 g/mol. The molecule has 2 aromatic carbocycles. The van der Waals surface area contributed by atoms with Gasteiger partial charge in [0.05, 0.1) is 22.5 Å². The minimum Gasteiger partial charge on any atom is -0.451 e. The van der Waals surface area contributed by atoms with E-state index in [4.69, 9.17) is 9.15 Å². The summed E-state index contributed by atoms with van der Waals surface area (Å²) in [6, 6.07) is 12.2. The summed E-state index contributed by atoms with van der Waals surface area (Å²) < 4.78 is 38.5. The highest BCUT2D eigenvalue weighted by atomic mass is 32.2. The number of hydrogen-bond acceptors (Lipinski definition) is 6. The van der Waals surface area contributed by atoms with Crippen molar-refractivity contribution in [3.05, 3.63) is 70.1 Å². The Balaban J connectivity index is 1.52. The van der Waals surface area contributed by atoms with Crippen molar-refractivity contribution in [1.82, 2.24) is 4.31 Å². The molecule has 4 rings (SSSR count). The number of carbonyl (C=O) groups is 1. The molecule has 0 unspecified atom stereocenters. The van der Waals surface area contributed by atoms with Crippen LogP contribution in [0.2, 0.25) is 0 Å². The van der Waals surface area contributed by atoms with Crippen LogP contribution in [0, 0.1) is 6.92 Å². The third-order valence-electron chi connectivity index (χ3n) is 5.24. The minimum atomic E-state index is -3.68. The molecule has 9 heteroatoms. The molecule has 2 heterocycles. The van der Waals surface area contributed by atoms with Crippen LogP contribution >= 0.6 is 0 Å². The molecule has 2 atom stereocenters. The van der Waals surface area contributed by atoms with Gasteiger partial charge in [0, 0.05) is 24.8 Å². The molecular formula is C23H24N2O6S. The molecule has 1 aliphatic rings. The molecule has 0 radical (unpaired) electrons. The molecule has 1 N–H and O–H groups in total. The van der Waals surface area contributed by atoms with Crippen molar-refractivity contribution in [2.24, 2.45) is 0 Å². The average Bonchev–Trinajstić information content (AvgIpc) is 2.74. The Bertz CT molecular complexity index is 1320. The van der Waals surface area contributed by atoms with Gasteiger partial charge in [0.15, 0.2) is 11.2 Å². The monoisotopic (exact) mass is 456 g/mol. The summed E-state index contributed by atoms with van der Waals surface area (Å²) in [5, 5.41) is 3.04. The van der Waals surface area contributed by atoms with Crippen LogP contribution in [0.3, 0.4) is 0 Å². The Morgan fingerprint density at radius 2 is 1.69 bits per heavy atom. The lowest BCUT2D eigenvalue weighted by Gasteiger charge is -2.34. The van der Waals surface area contributed by atoms with Crippen LogP contribution in [0.1, 0.15) is 30.0 Å². The number of hydrogen-bond donors (Lipinski definition) is 1. The predicted molar refractivity (Wildman–Crippen MR) is 120 cm³/mol. The highest BCUT2D eigenvalue weighted by Crippen LogP contribution is 2.23. The summed E-state index contributed by atoms with van der Waals surface area (Å²) in [6.45, 7) is 6.10. The summed E-state index contributed by atoms with van der Waals surface area (Å²) in [5.74, 6) is -0.727. The van der Waals surface area contributed by atoms with Crippen LogP contribution in [0.25, 0.3) is 11.0 Å². The molecule has 1 aliphatic heterocycles. The zero-order chi connectivity index (χ0) is 23.0. The zero-order valence-corrected chi connectivity index (χ0v) is 18.8. The highest BCUT2D eigenvalue weighted by molar-refractivity contribution is 7.89. The maximum absolute atomic E-state index is 13.0. The number of nitrogens with zero attached hydrogens (tertiary/aromatic N) is 1. The van der Waals surface area contributed by atoms with Crippen molar-refractivity contribution in [3.63, 3.8) is 0 Å². The fourth-order valence-electron chi connectivity index (χ4n) is 3.76. The molecule has 1 amide bonds. The number of aryl methyl sites for hydroxylation is 1. The Kier molecular flexibility index (Phi) is 5.89. The van der Waals surface area contributed by atoms with Gasteiger partial charge in [0.1, 0.15) is 5.58 Å². The van der Waals surface area contributed by atoms with Crippen molar-refractivity contribution >= 4 is 32.6 Å². The van der Waals surface area contributed by atoms with E-state index >= 15 is 0 Å². The molecule has 8 nitrogen and oxygen atoms in total. The smallest absolute Gasteiger partial charge is 0.291 e. The topological polar surface area (TPSA) is 106 Å². The number of sulfonamides is 1. The van der Waals surface area contributed by atoms with E-state index in [2.05, 4.69) is 5.32 Å². The van der Waals surface area contributed by atoms with Crippen molar-refractivity contribution in [3.8, 4) is 0 Å². The van der Waals surface area contributed by atoms with E-state index in [1.54, 1.807) is 18.2 Å². The number of fused-ring (bicyclic) bond motifs is 1. The Morgan fingerprint density at radius 3 is 2.34 bits per heavy atom. The van der Waals surface area contributed by atoms with E-state index in [-0.39, 0.29) is 41.4 Å². The average molecular weight is 457 g/mol. The second-order valence-corrected chi connectivity index (χ2v) is 9.97. The van der Waals surface area contributed by atoms with Gasteiger partial charge in [-0.3, -0.25) is 9.59 Å². The van der Waals surface area contributed by atoms with E-state index in [9.17, 15) is 18.0 Å². The summed E-state index contributed by atoms with van der Waals surface area (Å²) in [7, 11) is -3.68. The molecule has 0 bridgehead atoms. The predicted octanol–water partition coefficient (Wildman–Crippen LogP) is 3.15. The standard InChI is InChI=1S/C23H24N2O6S/c1-14-4-9-21-19(10-14)20(26)11-22(31-21)23(27)24-17-5-7-18(8-6-17)32(28,29)25-12-15(2)30-16(3)13-25/h4-11,15-16H,12-13H2,1-3H3,(H,24,27)/t15-,16+. The van der Waals surface area contributed by atoms with Gasteiger partial charge in [-0.25, -0.2) is 8.42 Å². The quantitative estimate of drug-likeness (QED) is 0.647. The first-order chi connectivity index (χ1) is 15.1. The van der Waals surface area contributed by atoms with Gasteiger partial charge in [-0.2, -0.15) is 4.31 Å². The van der Waals surface area contributed by atoms with Gasteiger partial charge in [-0.1, -0.05) is 11.6 Å². The van der Waals surface area contributed by atoms with E-state index < -0.39 is 15.9 Å². The van der Waals surface area contributed by atoms with Gasteiger partial charge in [0.2, 0.25) is 10.0 Å². The van der Waals surface area contributed by atoms with Crippen molar-refractivity contribution in [2.45, 2.75) is 37.9 Å². The number of rotatable bonds is 4. The van der Waals surface area contributed by atoms with Gasteiger partial charge in [-0.05, 0) is 57.2 Å². The second-order valence-electron chi connectivity index (χ2n) is 8.03. The fourth-order valence-corrected chi connectivity index (χ4v) is 5.35. The number of amides is 1. The van der Waals surface area contributed by atoms with Crippen LogP contribution in [0.15, 0.2) is 62.6 Å². The number of nitrogens with one attached hydrogen (secondary N) is 1. The molecule has 1 saturated heterocycles. The molecule has 0 aliphatic carbocycles. The van der Waals surface area contributed by atoms with Gasteiger partial charge >= 0.3 is 0 Å². The van der Waals surface area contributed by atoms with E-state index in [0.29, 0.717) is 16.7 Å². The fraction of sp³-hybridized carbons (Fsp3) is 0.304. The normalized spacial score (nSPS) is 19.7. The van der Waals surface area contributed by atoms with Crippen molar-refractivity contribution in [2.75, 3.05) is 18.4 Å². The largest absolute Gasteiger partial charge is 0.451 e. The van der Waals surface area contributed by atoms with Gasteiger partial charge in [-0.15, -0.1) is 0 Å². The van der Waals surface area contributed by atoms with Crippen LogP contribution < -0.4 is 10.7 Å². The summed E-state index contributed by atoms with van der Waals surface area (Å²) in [5.41, 5.74) is 1.31. The van der Waals surface area contributed by atoms with E-state index in [0.717, 1.165) is 11.6 Å². The first-order valence-corrected chi connectivity index (χ1v) is 11.7. The van der Waals surface area contributed by atoms with Crippen LogP contribution in [0.5, 0.6) is 0 Å². The zero-order valence-electron chi connectivity index (χ0n) is 18.0. The maximum atomic E-state index is 13.0. The molecule has 0 spiro atoms. The molecule has 168 valence electrons.